The van der Waals surface area contributed by atoms with Crippen LogP contribution in [-0.2, 0) is 11.3 Å². The lowest BCUT2D eigenvalue weighted by atomic mass is 10.1. The zero-order valence-corrected chi connectivity index (χ0v) is 17.8. The molecule has 1 aromatic heterocycles. The zero-order valence-electron chi connectivity index (χ0n) is 17.0. The SMILES string of the molecule is O=C(/C=C/c1ccc(-c2cccc(C(=O)OCc3ccccc3Cl)c2)o1)c1ccccc1. The first-order valence-electron chi connectivity index (χ1n) is 9.98. The summed E-state index contributed by atoms with van der Waals surface area (Å²) < 4.78 is 11.2. The summed E-state index contributed by atoms with van der Waals surface area (Å²) in [6.07, 6.45) is 3.10. The van der Waals surface area contributed by atoms with Gasteiger partial charge in [0.15, 0.2) is 5.78 Å². The second kappa shape index (κ2) is 9.94. The summed E-state index contributed by atoms with van der Waals surface area (Å²) in [5.41, 5.74) is 2.48. The van der Waals surface area contributed by atoms with Crippen LogP contribution in [-0.4, -0.2) is 11.8 Å². The van der Waals surface area contributed by atoms with Gasteiger partial charge in [-0.2, -0.15) is 0 Å². The molecule has 0 aliphatic heterocycles. The van der Waals surface area contributed by atoms with Crippen molar-refractivity contribution in [2.45, 2.75) is 6.61 Å². The van der Waals surface area contributed by atoms with Crippen molar-refractivity contribution in [3.63, 3.8) is 0 Å². The lowest BCUT2D eigenvalue weighted by molar-refractivity contribution is 0.0473. The molecule has 0 radical (unpaired) electrons. The van der Waals surface area contributed by atoms with Crippen molar-refractivity contribution in [3.05, 3.63) is 125 Å². The lowest BCUT2D eigenvalue weighted by Gasteiger charge is -2.07. The van der Waals surface area contributed by atoms with Gasteiger partial charge in [0, 0.05) is 21.7 Å². The molecule has 0 fully saturated rings. The Bertz CT molecular complexity index is 1270. The molecule has 0 aliphatic carbocycles. The third-order valence-electron chi connectivity index (χ3n) is 4.78. The molecule has 0 amide bonds. The number of ketones is 1. The van der Waals surface area contributed by atoms with E-state index in [1.165, 1.54) is 6.08 Å². The maximum atomic E-state index is 12.5. The van der Waals surface area contributed by atoms with Gasteiger partial charge in [-0.25, -0.2) is 4.79 Å². The highest BCUT2D eigenvalue weighted by atomic mass is 35.5. The maximum Gasteiger partial charge on any atom is 0.338 e. The van der Waals surface area contributed by atoms with Crippen LogP contribution >= 0.6 is 11.6 Å². The first-order chi connectivity index (χ1) is 15.6. The summed E-state index contributed by atoms with van der Waals surface area (Å²) in [4.78, 5) is 24.7. The first kappa shape index (κ1) is 21.3. The van der Waals surface area contributed by atoms with Crippen molar-refractivity contribution in [1.82, 2.24) is 0 Å². The van der Waals surface area contributed by atoms with E-state index >= 15 is 0 Å². The average Bonchev–Trinajstić information content (AvgIpc) is 3.32. The molecule has 0 atom stereocenters. The summed E-state index contributed by atoms with van der Waals surface area (Å²) in [7, 11) is 0. The quantitative estimate of drug-likeness (QED) is 0.178. The number of rotatable bonds is 7. The molecule has 5 heteroatoms. The smallest absolute Gasteiger partial charge is 0.338 e. The Morgan fingerprint density at radius 1 is 0.844 bits per heavy atom. The van der Waals surface area contributed by atoms with Gasteiger partial charge in [-0.1, -0.05) is 72.3 Å². The molecule has 0 saturated heterocycles. The standard InChI is InChI=1S/C27H19ClO4/c28-24-12-5-4-9-22(24)18-31-27(30)21-11-6-10-20(17-21)26-16-14-23(32-26)13-15-25(29)19-7-2-1-3-8-19/h1-17H,18H2/b15-13+. The Kier molecular flexibility index (Phi) is 6.63. The van der Waals surface area contributed by atoms with Gasteiger partial charge in [-0.3, -0.25) is 4.79 Å². The molecule has 3 aromatic carbocycles. The minimum absolute atomic E-state index is 0.0911. The van der Waals surface area contributed by atoms with E-state index in [0.717, 1.165) is 11.1 Å². The monoisotopic (exact) mass is 442 g/mol. The second-order valence-electron chi connectivity index (χ2n) is 7.01. The van der Waals surface area contributed by atoms with E-state index in [2.05, 4.69) is 0 Å². The fourth-order valence-corrected chi connectivity index (χ4v) is 3.29. The van der Waals surface area contributed by atoms with E-state index in [4.69, 9.17) is 20.8 Å². The summed E-state index contributed by atoms with van der Waals surface area (Å²) in [6.45, 7) is 0.0911. The molecule has 4 rings (SSSR count). The van der Waals surface area contributed by atoms with Gasteiger partial charge in [0.05, 0.1) is 5.56 Å². The van der Waals surface area contributed by atoms with Crippen molar-refractivity contribution < 1.29 is 18.7 Å². The Hall–Kier alpha value is -3.89. The van der Waals surface area contributed by atoms with E-state index < -0.39 is 5.97 Å². The predicted octanol–water partition coefficient (Wildman–Crippen LogP) is 6.85. The highest BCUT2D eigenvalue weighted by Crippen LogP contribution is 2.25. The molecular weight excluding hydrogens is 424 g/mol. The number of hydrogen-bond donors (Lipinski definition) is 0. The summed E-state index contributed by atoms with van der Waals surface area (Å²) in [6, 6.07) is 26.8. The van der Waals surface area contributed by atoms with Crippen molar-refractivity contribution in [1.29, 1.82) is 0 Å². The second-order valence-corrected chi connectivity index (χ2v) is 7.42. The van der Waals surface area contributed by atoms with Gasteiger partial charge in [0.1, 0.15) is 18.1 Å². The molecule has 0 bridgehead atoms. The Morgan fingerprint density at radius 3 is 2.41 bits per heavy atom. The zero-order chi connectivity index (χ0) is 22.3. The number of hydrogen-bond acceptors (Lipinski definition) is 4. The van der Waals surface area contributed by atoms with Gasteiger partial charge < -0.3 is 9.15 Å². The third kappa shape index (κ3) is 5.23. The molecule has 0 unspecified atom stereocenters. The number of benzene rings is 3. The highest BCUT2D eigenvalue weighted by Gasteiger charge is 2.12. The minimum atomic E-state index is -0.452. The van der Waals surface area contributed by atoms with Crippen molar-refractivity contribution in [3.8, 4) is 11.3 Å². The number of carbonyl (C=O) groups excluding carboxylic acids is 2. The van der Waals surface area contributed by atoms with Gasteiger partial charge in [-0.15, -0.1) is 0 Å². The van der Waals surface area contributed by atoms with E-state index in [-0.39, 0.29) is 12.4 Å². The molecule has 32 heavy (non-hydrogen) atoms. The molecule has 0 N–H and O–H groups in total. The number of halogens is 1. The van der Waals surface area contributed by atoms with Gasteiger partial charge >= 0.3 is 5.97 Å². The van der Waals surface area contributed by atoms with Crippen LogP contribution in [0.25, 0.3) is 17.4 Å². The van der Waals surface area contributed by atoms with E-state index in [1.54, 1.807) is 54.6 Å². The van der Waals surface area contributed by atoms with Crippen molar-refractivity contribution >= 4 is 29.4 Å². The van der Waals surface area contributed by atoms with Crippen molar-refractivity contribution in [2.75, 3.05) is 0 Å². The van der Waals surface area contributed by atoms with Crippen LogP contribution in [0.5, 0.6) is 0 Å². The number of esters is 1. The average molecular weight is 443 g/mol. The fraction of sp³-hybridized carbons (Fsp3) is 0.0370. The predicted molar refractivity (Wildman–Crippen MR) is 125 cm³/mol. The number of ether oxygens (including phenoxy) is 1. The van der Waals surface area contributed by atoms with Gasteiger partial charge in [0.2, 0.25) is 0 Å². The molecule has 1 heterocycles. The van der Waals surface area contributed by atoms with Crippen LogP contribution in [0.2, 0.25) is 5.02 Å². The normalized spacial score (nSPS) is 10.9. The van der Waals surface area contributed by atoms with E-state index in [1.807, 2.05) is 42.5 Å². The van der Waals surface area contributed by atoms with Crippen LogP contribution in [0.4, 0.5) is 0 Å². The lowest BCUT2D eigenvalue weighted by Crippen LogP contribution is -2.05. The molecule has 0 spiro atoms. The van der Waals surface area contributed by atoms with Gasteiger partial charge in [0.25, 0.3) is 0 Å². The maximum absolute atomic E-state index is 12.5. The molecule has 0 aliphatic rings. The summed E-state index contributed by atoms with van der Waals surface area (Å²) in [5.74, 6) is 0.562. The van der Waals surface area contributed by atoms with E-state index in [9.17, 15) is 9.59 Å². The van der Waals surface area contributed by atoms with Gasteiger partial charge in [-0.05, 0) is 42.5 Å². The summed E-state index contributed by atoms with van der Waals surface area (Å²) >= 11 is 6.11. The molecule has 4 aromatic rings. The van der Waals surface area contributed by atoms with Crippen LogP contribution < -0.4 is 0 Å². The topological polar surface area (TPSA) is 56.5 Å². The fourth-order valence-electron chi connectivity index (χ4n) is 3.10. The van der Waals surface area contributed by atoms with Crippen LogP contribution in [0, 0.1) is 0 Å². The molecule has 4 nitrogen and oxygen atoms in total. The number of allylic oxidation sites excluding steroid dienone is 1. The molecule has 0 saturated carbocycles. The van der Waals surface area contributed by atoms with E-state index in [0.29, 0.717) is 27.7 Å². The van der Waals surface area contributed by atoms with Crippen LogP contribution in [0.1, 0.15) is 32.0 Å². The minimum Gasteiger partial charge on any atom is -0.457 e. The number of carbonyl (C=O) groups is 2. The highest BCUT2D eigenvalue weighted by molar-refractivity contribution is 6.31. The largest absolute Gasteiger partial charge is 0.457 e. The summed E-state index contributed by atoms with van der Waals surface area (Å²) in [5, 5.41) is 0.552. The van der Waals surface area contributed by atoms with Crippen molar-refractivity contribution in [2.24, 2.45) is 0 Å². The van der Waals surface area contributed by atoms with Crippen LogP contribution in [0.3, 0.4) is 0 Å². The molecule has 158 valence electrons. The number of furan rings is 1. The van der Waals surface area contributed by atoms with Crippen LogP contribution in [0.15, 0.2) is 101 Å². The Balaban J connectivity index is 1.44. The Morgan fingerprint density at radius 2 is 1.59 bits per heavy atom. The Labute approximate surface area is 190 Å². The first-order valence-corrected chi connectivity index (χ1v) is 10.4. The molecular formula is C27H19ClO4. The third-order valence-corrected chi connectivity index (χ3v) is 5.15.